The number of anilines is 1. The van der Waals surface area contributed by atoms with E-state index in [1.807, 2.05) is 53.4 Å². The molecule has 1 fully saturated rings. The normalized spacial score (nSPS) is 14.1. The minimum atomic E-state index is -0.140. The molecule has 0 radical (unpaired) electrons. The van der Waals surface area contributed by atoms with Crippen LogP contribution in [0.1, 0.15) is 18.7 Å². The Morgan fingerprint density at radius 3 is 2.58 bits per heavy atom. The monoisotopic (exact) mass is 504 g/mol. The van der Waals surface area contributed by atoms with Crippen LogP contribution >= 0.6 is 11.6 Å². The maximum atomic E-state index is 12.9. The average molecular weight is 505 g/mol. The van der Waals surface area contributed by atoms with Crippen LogP contribution in [0.2, 0.25) is 5.02 Å². The van der Waals surface area contributed by atoms with Gasteiger partial charge in [-0.3, -0.25) is 0 Å². The van der Waals surface area contributed by atoms with Crippen LogP contribution in [-0.4, -0.2) is 40.7 Å². The van der Waals surface area contributed by atoms with Crippen molar-refractivity contribution in [3.63, 3.8) is 0 Å². The fourth-order valence-corrected chi connectivity index (χ4v) is 4.82. The number of para-hydroxylation sites is 3. The number of rotatable bonds is 7. The summed E-state index contributed by atoms with van der Waals surface area (Å²) in [4.78, 5) is 19.6. The van der Waals surface area contributed by atoms with E-state index in [0.717, 1.165) is 42.0 Å². The molecule has 0 aliphatic carbocycles. The summed E-state index contributed by atoms with van der Waals surface area (Å²) in [6.07, 6.45) is 1.82. The van der Waals surface area contributed by atoms with Gasteiger partial charge in [0.1, 0.15) is 23.9 Å². The summed E-state index contributed by atoms with van der Waals surface area (Å²) < 4.78 is 13.6. The molecule has 1 aromatic heterocycles. The fourth-order valence-electron chi connectivity index (χ4n) is 4.65. The van der Waals surface area contributed by atoms with Crippen molar-refractivity contribution < 1.29 is 14.3 Å². The first-order valence-electron chi connectivity index (χ1n) is 12.1. The number of hydrogen-bond donors (Lipinski definition) is 1. The van der Waals surface area contributed by atoms with Crippen LogP contribution in [0, 0.1) is 5.92 Å². The third-order valence-electron chi connectivity index (χ3n) is 6.59. The minimum Gasteiger partial charge on any atom is -0.495 e. The number of nitrogens with zero attached hydrogens (tertiary/aromatic N) is 3. The lowest BCUT2D eigenvalue weighted by Gasteiger charge is -2.32. The Labute approximate surface area is 215 Å². The molecule has 5 rings (SSSR count). The highest BCUT2D eigenvalue weighted by Crippen LogP contribution is 2.29. The first-order valence-corrected chi connectivity index (χ1v) is 12.5. The van der Waals surface area contributed by atoms with Crippen molar-refractivity contribution in [3.8, 4) is 11.5 Å². The number of urea groups is 1. The zero-order valence-electron chi connectivity index (χ0n) is 20.2. The molecule has 4 aromatic rings. The lowest BCUT2D eigenvalue weighted by molar-refractivity contribution is 0.176. The summed E-state index contributed by atoms with van der Waals surface area (Å²) in [5.41, 5.74) is 2.65. The summed E-state index contributed by atoms with van der Waals surface area (Å²) in [6, 6.07) is 23.0. The number of aromatic nitrogens is 2. The molecule has 2 amide bonds. The van der Waals surface area contributed by atoms with Gasteiger partial charge in [-0.05, 0) is 61.2 Å². The van der Waals surface area contributed by atoms with Crippen LogP contribution in [0.4, 0.5) is 10.5 Å². The predicted octanol–water partition coefficient (Wildman–Crippen LogP) is 6.22. The van der Waals surface area contributed by atoms with Crippen molar-refractivity contribution in [2.45, 2.75) is 26.0 Å². The standard InChI is InChI=1S/C28H29ClN4O3/c1-35-26-12-11-21(29)17-24(26)31-28(34)32-15-13-20(14-16-32)18-33-25-10-6-5-9-23(25)30-27(33)19-36-22-7-3-2-4-8-22/h2-12,17,20H,13-16,18-19H2,1H3,(H,31,34). The quantitative estimate of drug-likeness (QED) is 0.324. The fraction of sp³-hybridized carbons (Fsp3) is 0.286. The Hall–Kier alpha value is -3.71. The van der Waals surface area contributed by atoms with Gasteiger partial charge < -0.3 is 24.3 Å². The number of likely N-dealkylation sites (tertiary alicyclic amines) is 1. The summed E-state index contributed by atoms with van der Waals surface area (Å²) >= 11 is 6.10. The number of carbonyl (C=O) groups is 1. The second-order valence-corrected chi connectivity index (χ2v) is 9.37. The molecule has 7 nitrogen and oxygen atoms in total. The van der Waals surface area contributed by atoms with Gasteiger partial charge in [0, 0.05) is 24.7 Å². The molecular formula is C28H29ClN4O3. The second-order valence-electron chi connectivity index (χ2n) is 8.93. The van der Waals surface area contributed by atoms with Crippen LogP contribution in [-0.2, 0) is 13.2 Å². The van der Waals surface area contributed by atoms with Crippen LogP contribution in [0.3, 0.4) is 0 Å². The maximum absolute atomic E-state index is 12.9. The largest absolute Gasteiger partial charge is 0.495 e. The summed E-state index contributed by atoms with van der Waals surface area (Å²) in [6.45, 7) is 2.61. The van der Waals surface area contributed by atoms with Gasteiger partial charge in [0.15, 0.2) is 0 Å². The van der Waals surface area contributed by atoms with Gasteiger partial charge in [0.05, 0.1) is 23.8 Å². The lowest BCUT2D eigenvalue weighted by atomic mass is 9.96. The molecular weight excluding hydrogens is 476 g/mol. The number of benzene rings is 3. The number of piperidine rings is 1. The molecule has 1 aliphatic rings. The number of hydrogen-bond acceptors (Lipinski definition) is 4. The summed E-state index contributed by atoms with van der Waals surface area (Å²) in [5, 5.41) is 3.49. The highest BCUT2D eigenvalue weighted by molar-refractivity contribution is 6.31. The van der Waals surface area contributed by atoms with Crippen molar-refractivity contribution in [1.29, 1.82) is 0 Å². The van der Waals surface area contributed by atoms with E-state index in [2.05, 4.69) is 16.0 Å². The SMILES string of the molecule is COc1ccc(Cl)cc1NC(=O)N1CCC(Cn2c(COc3ccccc3)nc3ccccc32)CC1. The smallest absolute Gasteiger partial charge is 0.321 e. The van der Waals surface area contributed by atoms with Crippen LogP contribution < -0.4 is 14.8 Å². The predicted molar refractivity (Wildman–Crippen MR) is 142 cm³/mol. The molecule has 1 aliphatic heterocycles. The molecule has 1 N–H and O–H groups in total. The van der Waals surface area contributed by atoms with Crippen LogP contribution in [0.15, 0.2) is 72.8 Å². The molecule has 0 bridgehead atoms. The molecule has 2 heterocycles. The maximum Gasteiger partial charge on any atom is 0.321 e. The van der Waals surface area contributed by atoms with Crippen molar-refractivity contribution in [2.75, 3.05) is 25.5 Å². The van der Waals surface area contributed by atoms with Gasteiger partial charge in [0.2, 0.25) is 0 Å². The molecule has 186 valence electrons. The lowest BCUT2D eigenvalue weighted by Crippen LogP contribution is -2.41. The Bertz CT molecular complexity index is 1330. The zero-order chi connectivity index (χ0) is 24.9. The number of ether oxygens (including phenoxy) is 2. The number of nitrogens with one attached hydrogen (secondary N) is 1. The third kappa shape index (κ3) is 5.41. The second kappa shape index (κ2) is 10.9. The van der Waals surface area contributed by atoms with Gasteiger partial charge in [-0.2, -0.15) is 0 Å². The molecule has 8 heteroatoms. The van der Waals surface area contributed by atoms with Gasteiger partial charge in [0.25, 0.3) is 0 Å². The molecule has 36 heavy (non-hydrogen) atoms. The van der Waals surface area contributed by atoms with E-state index in [1.165, 1.54) is 0 Å². The van der Waals surface area contributed by atoms with Crippen LogP contribution in [0.25, 0.3) is 11.0 Å². The number of halogens is 1. The van der Waals surface area contributed by atoms with Crippen molar-refractivity contribution in [1.82, 2.24) is 14.5 Å². The minimum absolute atomic E-state index is 0.140. The van der Waals surface area contributed by atoms with Gasteiger partial charge >= 0.3 is 6.03 Å². The van der Waals surface area contributed by atoms with E-state index in [4.69, 9.17) is 26.1 Å². The average Bonchev–Trinajstić information content (AvgIpc) is 3.26. The molecule has 0 atom stereocenters. The van der Waals surface area contributed by atoms with E-state index < -0.39 is 0 Å². The van der Waals surface area contributed by atoms with Gasteiger partial charge in [-0.25, -0.2) is 9.78 Å². The summed E-state index contributed by atoms with van der Waals surface area (Å²) in [7, 11) is 1.57. The van der Waals surface area contributed by atoms with Crippen LogP contribution in [0.5, 0.6) is 11.5 Å². The topological polar surface area (TPSA) is 68.6 Å². The highest BCUT2D eigenvalue weighted by Gasteiger charge is 2.25. The molecule has 1 saturated heterocycles. The molecule has 0 spiro atoms. The van der Waals surface area contributed by atoms with Gasteiger partial charge in [-0.1, -0.05) is 41.9 Å². The number of methoxy groups -OCH3 is 1. The molecule has 0 saturated carbocycles. The number of fused-ring (bicyclic) bond motifs is 1. The number of carbonyl (C=O) groups excluding carboxylic acids is 1. The number of amides is 2. The van der Waals surface area contributed by atoms with E-state index in [1.54, 1.807) is 25.3 Å². The van der Waals surface area contributed by atoms with E-state index in [0.29, 0.717) is 42.1 Å². The molecule has 3 aromatic carbocycles. The van der Waals surface area contributed by atoms with Crippen molar-refractivity contribution >= 4 is 34.4 Å². The van der Waals surface area contributed by atoms with E-state index >= 15 is 0 Å². The first kappa shape index (κ1) is 24.0. The Balaban J connectivity index is 1.24. The van der Waals surface area contributed by atoms with E-state index in [9.17, 15) is 4.79 Å². The Kier molecular flexibility index (Phi) is 7.28. The zero-order valence-corrected chi connectivity index (χ0v) is 20.9. The highest BCUT2D eigenvalue weighted by atomic mass is 35.5. The third-order valence-corrected chi connectivity index (χ3v) is 6.83. The van der Waals surface area contributed by atoms with Crippen molar-refractivity contribution in [2.24, 2.45) is 5.92 Å². The van der Waals surface area contributed by atoms with Gasteiger partial charge in [-0.15, -0.1) is 0 Å². The Morgan fingerprint density at radius 2 is 1.81 bits per heavy atom. The van der Waals surface area contributed by atoms with E-state index in [-0.39, 0.29) is 6.03 Å². The van der Waals surface area contributed by atoms with Crippen molar-refractivity contribution in [3.05, 3.63) is 83.6 Å². The number of imidazole rings is 1. The Morgan fingerprint density at radius 1 is 1.06 bits per heavy atom. The molecule has 0 unspecified atom stereocenters. The summed E-state index contributed by atoms with van der Waals surface area (Å²) in [5.74, 6) is 2.75. The first-order chi connectivity index (χ1) is 17.6.